The van der Waals surface area contributed by atoms with Gasteiger partial charge < -0.3 is 0 Å². The molecule has 8 nitrogen and oxygen atoms in total. The minimum Gasteiger partial charge on any atom is -0.272 e. The van der Waals surface area contributed by atoms with E-state index < -0.39 is 34.5 Å². The Bertz CT molecular complexity index is 1040. The van der Waals surface area contributed by atoms with E-state index in [4.69, 9.17) is 0 Å². The number of imide groups is 1. The third-order valence-electron chi connectivity index (χ3n) is 6.15. The highest BCUT2D eigenvalue weighted by Gasteiger charge is 2.52. The molecule has 8 heteroatoms. The number of hydrazine groups is 1. The van der Waals surface area contributed by atoms with Gasteiger partial charge in [-0.3, -0.25) is 24.5 Å². The number of para-hydroxylation sites is 1. The SMILES string of the molecule is C[C@@H]1CC[C@@H]2C(=O)N(N(Cc3ccccc3)C(=O)c3ccccc3[N+](=O)[O-])C(=O)[C@@H]2C1. The number of nitro groups is 1. The maximum atomic E-state index is 13.5. The standard InChI is InChI=1S/C23H23N3O5/c1-15-11-12-17-19(13-15)23(29)25(22(17)28)24(14-16-7-3-2-4-8-16)21(27)18-9-5-6-10-20(18)26(30)31/h2-10,15,17,19H,11-14H2,1H3/t15-,17+,19-/m1/s1. The second kappa shape index (κ2) is 8.29. The van der Waals surface area contributed by atoms with Crippen LogP contribution in [0.5, 0.6) is 0 Å². The van der Waals surface area contributed by atoms with Crippen molar-refractivity contribution in [2.45, 2.75) is 32.7 Å². The summed E-state index contributed by atoms with van der Waals surface area (Å²) >= 11 is 0. The van der Waals surface area contributed by atoms with Crippen LogP contribution < -0.4 is 0 Å². The highest BCUT2D eigenvalue weighted by atomic mass is 16.6. The highest BCUT2D eigenvalue weighted by molar-refractivity contribution is 6.08. The van der Waals surface area contributed by atoms with E-state index in [0.717, 1.165) is 16.4 Å². The molecule has 1 aliphatic heterocycles. The minimum absolute atomic E-state index is 0.0435. The number of carbonyl (C=O) groups is 3. The maximum absolute atomic E-state index is 13.5. The maximum Gasteiger partial charge on any atom is 0.282 e. The molecule has 2 aromatic carbocycles. The van der Waals surface area contributed by atoms with Gasteiger partial charge in [-0.1, -0.05) is 49.4 Å². The molecule has 31 heavy (non-hydrogen) atoms. The zero-order valence-electron chi connectivity index (χ0n) is 17.1. The first-order valence-electron chi connectivity index (χ1n) is 10.4. The summed E-state index contributed by atoms with van der Waals surface area (Å²) in [5.74, 6) is -2.11. The number of nitro benzene ring substituents is 1. The average Bonchev–Trinajstić information content (AvgIpc) is 3.01. The van der Waals surface area contributed by atoms with Gasteiger partial charge in [-0.2, -0.15) is 5.01 Å². The van der Waals surface area contributed by atoms with E-state index in [0.29, 0.717) is 24.3 Å². The Hall–Kier alpha value is -3.55. The topological polar surface area (TPSA) is 101 Å². The molecule has 2 aromatic rings. The fourth-order valence-electron chi connectivity index (χ4n) is 4.55. The second-order valence-corrected chi connectivity index (χ2v) is 8.24. The van der Waals surface area contributed by atoms with E-state index in [1.165, 1.54) is 24.3 Å². The number of amides is 3. The van der Waals surface area contributed by atoms with Crippen LogP contribution >= 0.6 is 0 Å². The first-order chi connectivity index (χ1) is 14.9. The van der Waals surface area contributed by atoms with E-state index in [9.17, 15) is 24.5 Å². The van der Waals surface area contributed by atoms with Gasteiger partial charge in [-0.15, -0.1) is 0 Å². The number of hydrogen-bond donors (Lipinski definition) is 0. The summed E-state index contributed by atoms with van der Waals surface area (Å²) in [6.07, 6.45) is 2.06. The predicted octanol–water partition coefficient (Wildman–Crippen LogP) is 3.57. The molecule has 0 spiro atoms. The monoisotopic (exact) mass is 421 g/mol. The largest absolute Gasteiger partial charge is 0.282 e. The summed E-state index contributed by atoms with van der Waals surface area (Å²) in [7, 11) is 0. The Balaban J connectivity index is 1.75. The smallest absolute Gasteiger partial charge is 0.272 e. The summed E-state index contributed by atoms with van der Waals surface area (Å²) in [6.45, 7) is 2.01. The molecular formula is C23H23N3O5. The molecule has 1 saturated heterocycles. The number of nitrogens with zero attached hydrogens (tertiary/aromatic N) is 3. The Morgan fingerprint density at radius 1 is 1.03 bits per heavy atom. The zero-order chi connectivity index (χ0) is 22.1. The van der Waals surface area contributed by atoms with Crippen molar-refractivity contribution in [3.63, 3.8) is 0 Å². The van der Waals surface area contributed by atoms with E-state index in [1.807, 2.05) is 6.07 Å². The van der Waals surface area contributed by atoms with Crippen molar-refractivity contribution < 1.29 is 19.3 Å². The van der Waals surface area contributed by atoms with E-state index in [-0.39, 0.29) is 17.8 Å². The van der Waals surface area contributed by atoms with Gasteiger partial charge in [0.2, 0.25) is 0 Å². The molecule has 2 aliphatic rings. The van der Waals surface area contributed by atoms with Gasteiger partial charge >= 0.3 is 0 Å². The molecule has 0 radical (unpaired) electrons. The fraction of sp³-hybridized carbons (Fsp3) is 0.348. The molecule has 0 N–H and O–H groups in total. The van der Waals surface area contributed by atoms with Crippen LogP contribution in [0.2, 0.25) is 0 Å². The lowest BCUT2D eigenvalue weighted by Gasteiger charge is -2.30. The first kappa shape index (κ1) is 20.7. The van der Waals surface area contributed by atoms with Crippen LogP contribution in [0.4, 0.5) is 5.69 Å². The molecule has 0 unspecified atom stereocenters. The molecule has 160 valence electrons. The summed E-state index contributed by atoms with van der Waals surface area (Å²) < 4.78 is 0. The van der Waals surface area contributed by atoms with E-state index in [2.05, 4.69) is 6.92 Å². The summed E-state index contributed by atoms with van der Waals surface area (Å²) in [5, 5.41) is 13.5. The molecule has 3 amide bonds. The van der Waals surface area contributed by atoms with Crippen LogP contribution in [0, 0.1) is 27.9 Å². The minimum atomic E-state index is -0.746. The molecular weight excluding hydrogens is 398 g/mol. The van der Waals surface area contributed by atoms with Crippen LogP contribution in [-0.4, -0.2) is 32.7 Å². The van der Waals surface area contributed by atoms with Gasteiger partial charge in [0.1, 0.15) is 5.56 Å². The zero-order valence-corrected chi connectivity index (χ0v) is 17.1. The molecule has 4 rings (SSSR count). The van der Waals surface area contributed by atoms with Gasteiger partial charge in [0.25, 0.3) is 23.4 Å². The van der Waals surface area contributed by atoms with Gasteiger partial charge in [0, 0.05) is 6.07 Å². The third kappa shape index (κ3) is 3.81. The molecule has 3 atom stereocenters. The van der Waals surface area contributed by atoms with Crippen LogP contribution in [0.3, 0.4) is 0 Å². The van der Waals surface area contributed by atoms with Gasteiger partial charge in [0.15, 0.2) is 0 Å². The van der Waals surface area contributed by atoms with Crippen LogP contribution in [-0.2, 0) is 16.1 Å². The Kier molecular flexibility index (Phi) is 5.54. The second-order valence-electron chi connectivity index (χ2n) is 8.24. The number of benzene rings is 2. The van der Waals surface area contributed by atoms with Gasteiger partial charge in [0.05, 0.1) is 23.3 Å². The summed E-state index contributed by atoms with van der Waals surface area (Å²) in [5.41, 5.74) is 0.182. The molecule has 0 bridgehead atoms. The van der Waals surface area contributed by atoms with E-state index >= 15 is 0 Å². The number of hydrogen-bond acceptors (Lipinski definition) is 5. The highest BCUT2D eigenvalue weighted by Crippen LogP contribution is 2.41. The van der Waals surface area contributed by atoms with Crippen molar-refractivity contribution in [2.24, 2.45) is 17.8 Å². The van der Waals surface area contributed by atoms with Crippen LogP contribution in [0.15, 0.2) is 54.6 Å². The molecule has 2 fully saturated rings. The number of carbonyl (C=O) groups excluding carboxylic acids is 3. The van der Waals surface area contributed by atoms with Crippen molar-refractivity contribution in [3.05, 3.63) is 75.8 Å². The van der Waals surface area contributed by atoms with Crippen molar-refractivity contribution in [1.82, 2.24) is 10.0 Å². The van der Waals surface area contributed by atoms with Crippen molar-refractivity contribution in [1.29, 1.82) is 0 Å². The lowest BCUT2D eigenvalue weighted by atomic mass is 9.76. The van der Waals surface area contributed by atoms with Crippen LogP contribution in [0.1, 0.15) is 42.1 Å². The molecule has 1 aliphatic carbocycles. The average molecular weight is 421 g/mol. The Morgan fingerprint density at radius 3 is 2.39 bits per heavy atom. The normalized spacial score (nSPS) is 22.9. The third-order valence-corrected chi connectivity index (χ3v) is 6.15. The summed E-state index contributed by atoms with van der Waals surface area (Å²) in [6, 6.07) is 14.5. The lowest BCUT2D eigenvalue weighted by molar-refractivity contribution is -0.385. The Morgan fingerprint density at radius 2 is 1.68 bits per heavy atom. The first-order valence-corrected chi connectivity index (χ1v) is 10.4. The van der Waals surface area contributed by atoms with Crippen molar-refractivity contribution >= 4 is 23.4 Å². The van der Waals surface area contributed by atoms with E-state index in [1.54, 1.807) is 24.3 Å². The van der Waals surface area contributed by atoms with Gasteiger partial charge in [-0.05, 0) is 36.8 Å². The summed E-state index contributed by atoms with van der Waals surface area (Å²) in [4.78, 5) is 50.8. The predicted molar refractivity (Wildman–Crippen MR) is 111 cm³/mol. The molecule has 1 saturated carbocycles. The van der Waals surface area contributed by atoms with Gasteiger partial charge in [-0.25, -0.2) is 5.01 Å². The lowest BCUT2D eigenvalue weighted by Crippen LogP contribution is -2.49. The number of rotatable bonds is 5. The quantitative estimate of drug-likeness (QED) is 0.417. The Labute approximate surface area is 179 Å². The van der Waals surface area contributed by atoms with Crippen molar-refractivity contribution in [2.75, 3.05) is 0 Å². The molecule has 1 heterocycles. The van der Waals surface area contributed by atoms with Crippen LogP contribution in [0.25, 0.3) is 0 Å². The fourth-order valence-corrected chi connectivity index (χ4v) is 4.55. The molecule has 0 aromatic heterocycles. The number of fused-ring (bicyclic) bond motifs is 1. The van der Waals surface area contributed by atoms with Crippen molar-refractivity contribution in [3.8, 4) is 0 Å².